The van der Waals surface area contributed by atoms with Gasteiger partial charge in [0.25, 0.3) is 6.43 Å². The van der Waals surface area contributed by atoms with E-state index < -0.39 is 36.5 Å². The van der Waals surface area contributed by atoms with Gasteiger partial charge >= 0.3 is 6.09 Å². The van der Waals surface area contributed by atoms with Crippen molar-refractivity contribution in [3.63, 3.8) is 0 Å². The Hall–Kier alpha value is -1.91. The molecule has 0 aliphatic rings. The third-order valence-electron chi connectivity index (χ3n) is 2.01. The Morgan fingerprint density at radius 1 is 1.35 bits per heavy atom. The topological polar surface area (TPSA) is 91.2 Å². The molecule has 0 rings (SSSR count). The van der Waals surface area contributed by atoms with Gasteiger partial charge in [-0.2, -0.15) is 5.26 Å². The van der Waals surface area contributed by atoms with Crippen molar-refractivity contribution in [3.8, 4) is 6.07 Å². The van der Waals surface area contributed by atoms with Crippen LogP contribution in [-0.4, -0.2) is 36.6 Å². The van der Waals surface area contributed by atoms with E-state index in [1.54, 1.807) is 26.8 Å². The van der Waals surface area contributed by atoms with Gasteiger partial charge in [-0.15, -0.1) is 0 Å². The number of hydrogen-bond donors (Lipinski definition) is 2. The third-order valence-corrected chi connectivity index (χ3v) is 2.01. The highest BCUT2D eigenvalue weighted by atomic mass is 19.3. The first kappa shape index (κ1) is 18.1. The highest BCUT2D eigenvalue weighted by molar-refractivity contribution is 5.78. The summed E-state index contributed by atoms with van der Waals surface area (Å²) in [6, 6.07) is 0.154. The van der Waals surface area contributed by atoms with E-state index >= 15 is 0 Å². The standard InChI is InChI=1S/C12H19F2N3O3/c1-12(2,3)20-11(19)16-7-5-8(10(13)14)17-9(18)4-6-15/h8,10H,4-5,7H2,1-3H3,(H,16,19)(H,17,18). The van der Waals surface area contributed by atoms with Crippen LogP contribution in [0.4, 0.5) is 13.6 Å². The van der Waals surface area contributed by atoms with Crippen molar-refractivity contribution in [3.05, 3.63) is 0 Å². The minimum atomic E-state index is -2.78. The molecule has 0 aromatic carbocycles. The zero-order chi connectivity index (χ0) is 15.8. The van der Waals surface area contributed by atoms with Crippen LogP contribution in [-0.2, 0) is 9.53 Å². The van der Waals surface area contributed by atoms with Crippen LogP contribution in [0.15, 0.2) is 0 Å². The largest absolute Gasteiger partial charge is 0.444 e. The summed E-state index contributed by atoms with van der Waals surface area (Å²) < 4.78 is 30.2. The average molecular weight is 291 g/mol. The monoisotopic (exact) mass is 291 g/mol. The maximum absolute atomic E-state index is 12.7. The first-order valence-corrected chi connectivity index (χ1v) is 6.07. The summed E-state index contributed by atoms with van der Waals surface area (Å²) in [6.45, 7) is 4.96. The van der Waals surface area contributed by atoms with Crippen LogP contribution in [0.3, 0.4) is 0 Å². The summed E-state index contributed by atoms with van der Waals surface area (Å²) in [5.41, 5.74) is -0.673. The highest BCUT2D eigenvalue weighted by Gasteiger charge is 2.23. The molecule has 2 N–H and O–H groups in total. The van der Waals surface area contributed by atoms with E-state index in [0.717, 1.165) is 0 Å². The summed E-state index contributed by atoms with van der Waals surface area (Å²) >= 11 is 0. The van der Waals surface area contributed by atoms with E-state index in [1.807, 2.05) is 5.32 Å². The van der Waals surface area contributed by atoms with Gasteiger partial charge in [-0.25, -0.2) is 13.6 Å². The molecule has 0 bridgehead atoms. The second-order valence-electron chi connectivity index (χ2n) is 5.06. The van der Waals surface area contributed by atoms with Gasteiger partial charge < -0.3 is 15.4 Å². The molecule has 6 nitrogen and oxygen atoms in total. The van der Waals surface area contributed by atoms with Gasteiger partial charge in [0.15, 0.2) is 0 Å². The number of carbonyl (C=O) groups excluding carboxylic acids is 2. The molecule has 1 unspecified atom stereocenters. The summed E-state index contributed by atoms with van der Waals surface area (Å²) in [6.07, 6.45) is -4.14. The predicted octanol–water partition coefficient (Wildman–Crippen LogP) is 1.56. The number of nitrogens with zero attached hydrogens (tertiary/aromatic N) is 1. The van der Waals surface area contributed by atoms with Gasteiger partial charge in [0, 0.05) is 6.54 Å². The average Bonchev–Trinajstić information content (AvgIpc) is 2.25. The predicted molar refractivity (Wildman–Crippen MR) is 67.0 cm³/mol. The Labute approximate surface area is 116 Å². The van der Waals surface area contributed by atoms with Gasteiger partial charge in [-0.1, -0.05) is 0 Å². The van der Waals surface area contributed by atoms with Crippen molar-refractivity contribution >= 4 is 12.0 Å². The smallest absolute Gasteiger partial charge is 0.407 e. The molecule has 20 heavy (non-hydrogen) atoms. The summed E-state index contributed by atoms with van der Waals surface area (Å²) in [7, 11) is 0. The van der Waals surface area contributed by atoms with Gasteiger partial charge in [-0.3, -0.25) is 4.79 Å². The van der Waals surface area contributed by atoms with E-state index in [9.17, 15) is 18.4 Å². The molecule has 0 saturated carbocycles. The highest BCUT2D eigenvalue weighted by Crippen LogP contribution is 2.07. The Morgan fingerprint density at radius 2 is 1.95 bits per heavy atom. The molecule has 0 spiro atoms. The first-order valence-electron chi connectivity index (χ1n) is 6.07. The van der Waals surface area contributed by atoms with E-state index in [2.05, 4.69) is 5.32 Å². The van der Waals surface area contributed by atoms with Crippen LogP contribution in [0.5, 0.6) is 0 Å². The molecule has 0 aliphatic heterocycles. The lowest BCUT2D eigenvalue weighted by molar-refractivity contribution is -0.122. The van der Waals surface area contributed by atoms with Crippen molar-refractivity contribution in [2.24, 2.45) is 0 Å². The van der Waals surface area contributed by atoms with Crippen LogP contribution in [0, 0.1) is 11.3 Å². The summed E-state index contributed by atoms with van der Waals surface area (Å²) in [5.74, 6) is -0.768. The molecule has 0 fully saturated rings. The number of nitrogens with one attached hydrogen (secondary N) is 2. The van der Waals surface area contributed by atoms with Crippen LogP contribution in [0.1, 0.15) is 33.6 Å². The Kier molecular flexibility index (Phi) is 7.51. The fourth-order valence-electron chi connectivity index (χ4n) is 1.23. The number of hydrogen-bond acceptors (Lipinski definition) is 4. The number of rotatable bonds is 6. The number of ether oxygens (including phenoxy) is 1. The number of amides is 2. The molecule has 1 atom stereocenters. The van der Waals surface area contributed by atoms with Gasteiger partial charge in [0.2, 0.25) is 5.91 Å². The Balaban J connectivity index is 4.14. The Bertz CT molecular complexity index is 375. The van der Waals surface area contributed by atoms with Gasteiger partial charge in [0.1, 0.15) is 12.0 Å². The van der Waals surface area contributed by atoms with Gasteiger partial charge in [-0.05, 0) is 27.2 Å². The molecule has 0 saturated heterocycles. The van der Waals surface area contributed by atoms with E-state index in [1.165, 1.54) is 0 Å². The van der Waals surface area contributed by atoms with E-state index in [-0.39, 0.29) is 13.0 Å². The maximum atomic E-state index is 12.7. The minimum absolute atomic E-state index is 0.0727. The van der Waals surface area contributed by atoms with Crippen molar-refractivity contribution in [1.82, 2.24) is 10.6 Å². The van der Waals surface area contributed by atoms with E-state index in [4.69, 9.17) is 10.00 Å². The fourth-order valence-corrected chi connectivity index (χ4v) is 1.23. The molecule has 0 radical (unpaired) electrons. The third kappa shape index (κ3) is 9.08. The molecule has 0 aromatic heterocycles. The quantitative estimate of drug-likeness (QED) is 0.777. The molecule has 8 heteroatoms. The Morgan fingerprint density at radius 3 is 2.40 bits per heavy atom. The van der Waals surface area contributed by atoms with Crippen molar-refractivity contribution < 1.29 is 23.1 Å². The van der Waals surface area contributed by atoms with Crippen LogP contribution >= 0.6 is 0 Å². The molecule has 0 heterocycles. The lowest BCUT2D eigenvalue weighted by atomic mass is 10.2. The van der Waals surface area contributed by atoms with Crippen LogP contribution in [0.2, 0.25) is 0 Å². The summed E-state index contributed by atoms with van der Waals surface area (Å²) in [4.78, 5) is 22.3. The number of nitriles is 1. The molecular weight excluding hydrogens is 272 g/mol. The number of halogens is 2. The normalized spacial score (nSPS) is 12.4. The molecule has 2 amide bonds. The van der Waals surface area contributed by atoms with Crippen molar-refractivity contribution in [2.75, 3.05) is 6.54 Å². The van der Waals surface area contributed by atoms with Crippen LogP contribution < -0.4 is 10.6 Å². The number of carbonyl (C=O) groups is 2. The second kappa shape index (κ2) is 8.30. The molecule has 0 aliphatic carbocycles. The second-order valence-corrected chi connectivity index (χ2v) is 5.06. The fraction of sp³-hybridized carbons (Fsp3) is 0.750. The number of alkyl halides is 2. The minimum Gasteiger partial charge on any atom is -0.444 e. The SMILES string of the molecule is CC(C)(C)OC(=O)NCCC(NC(=O)CC#N)C(F)F. The van der Waals surface area contributed by atoms with E-state index in [0.29, 0.717) is 0 Å². The van der Waals surface area contributed by atoms with Crippen LogP contribution in [0.25, 0.3) is 0 Å². The lowest BCUT2D eigenvalue weighted by Gasteiger charge is -2.21. The van der Waals surface area contributed by atoms with Gasteiger partial charge in [0.05, 0.1) is 12.1 Å². The maximum Gasteiger partial charge on any atom is 0.407 e. The first-order chi connectivity index (χ1) is 9.15. The molecular formula is C12H19F2N3O3. The lowest BCUT2D eigenvalue weighted by Crippen LogP contribution is -2.42. The number of alkyl carbamates (subject to hydrolysis) is 1. The molecule has 0 aromatic rings. The van der Waals surface area contributed by atoms with Crippen molar-refractivity contribution in [2.45, 2.75) is 51.7 Å². The molecule has 114 valence electrons. The zero-order valence-corrected chi connectivity index (χ0v) is 11.7. The van der Waals surface area contributed by atoms with Crippen molar-refractivity contribution in [1.29, 1.82) is 5.26 Å². The zero-order valence-electron chi connectivity index (χ0n) is 11.7. The summed E-state index contributed by atoms with van der Waals surface area (Å²) in [5, 5.41) is 12.6.